The summed E-state index contributed by atoms with van der Waals surface area (Å²) >= 11 is 0. The molecule has 1 nitrogen and oxygen atoms in total. The van der Waals surface area contributed by atoms with Gasteiger partial charge in [-0.15, -0.1) is 0 Å². The molecule has 1 aromatic rings. The third-order valence-corrected chi connectivity index (χ3v) is 6.35. The molecule has 4 rings (SSSR count). The van der Waals surface area contributed by atoms with E-state index in [1.807, 2.05) is 0 Å². The van der Waals surface area contributed by atoms with Crippen molar-refractivity contribution in [3.05, 3.63) is 35.4 Å². The van der Waals surface area contributed by atoms with Gasteiger partial charge in [-0.3, -0.25) is 4.79 Å². The van der Waals surface area contributed by atoms with E-state index in [9.17, 15) is 4.79 Å². The van der Waals surface area contributed by atoms with Crippen LogP contribution in [0.5, 0.6) is 0 Å². The molecule has 0 aliphatic heterocycles. The van der Waals surface area contributed by atoms with Gasteiger partial charge in [-0.2, -0.15) is 0 Å². The highest BCUT2D eigenvalue weighted by atomic mass is 16.1. The van der Waals surface area contributed by atoms with Crippen molar-refractivity contribution in [2.75, 3.05) is 0 Å². The Balaban J connectivity index is 1.74. The normalized spacial score (nSPS) is 40.5. The zero-order valence-corrected chi connectivity index (χ0v) is 11.7. The van der Waals surface area contributed by atoms with Gasteiger partial charge in [-0.1, -0.05) is 31.2 Å². The van der Waals surface area contributed by atoms with Gasteiger partial charge in [0.1, 0.15) is 5.78 Å². The standard InChI is InChI=1S/C18H22O/c1-18-11-10-14-13-5-3-2-4-12(13)6-7-15(14)16(18)8-9-17(18)19/h2-5,14-16H,6-11H2,1H3/t14-,15-,16?,18+/m1/s1. The second-order valence-electron chi connectivity index (χ2n) is 7.03. The van der Waals surface area contributed by atoms with E-state index in [4.69, 9.17) is 0 Å². The predicted octanol–water partition coefficient (Wildman–Crippen LogP) is 4.11. The minimum Gasteiger partial charge on any atom is -0.299 e. The summed E-state index contributed by atoms with van der Waals surface area (Å²) in [5, 5.41) is 0. The second-order valence-corrected chi connectivity index (χ2v) is 7.03. The van der Waals surface area contributed by atoms with Crippen molar-refractivity contribution in [2.24, 2.45) is 17.3 Å². The lowest BCUT2D eigenvalue weighted by atomic mass is 9.55. The zero-order valence-electron chi connectivity index (χ0n) is 11.7. The van der Waals surface area contributed by atoms with Crippen LogP contribution < -0.4 is 0 Å². The molecule has 2 fully saturated rings. The maximum atomic E-state index is 12.3. The van der Waals surface area contributed by atoms with Crippen LogP contribution in [0.3, 0.4) is 0 Å². The highest BCUT2D eigenvalue weighted by Crippen LogP contribution is 2.59. The Hall–Kier alpha value is -1.11. The summed E-state index contributed by atoms with van der Waals surface area (Å²) in [5.41, 5.74) is 3.19. The molecule has 0 saturated heterocycles. The van der Waals surface area contributed by atoms with Crippen LogP contribution in [0.2, 0.25) is 0 Å². The Morgan fingerprint density at radius 3 is 2.84 bits per heavy atom. The van der Waals surface area contributed by atoms with Gasteiger partial charge in [0.05, 0.1) is 0 Å². The third kappa shape index (κ3) is 1.50. The number of carbonyl (C=O) groups is 1. The smallest absolute Gasteiger partial charge is 0.139 e. The number of rotatable bonds is 0. The van der Waals surface area contributed by atoms with E-state index >= 15 is 0 Å². The monoisotopic (exact) mass is 254 g/mol. The summed E-state index contributed by atoms with van der Waals surface area (Å²) in [4.78, 5) is 12.3. The van der Waals surface area contributed by atoms with Crippen molar-refractivity contribution in [3.8, 4) is 0 Å². The fourth-order valence-electron chi connectivity index (χ4n) is 5.29. The second kappa shape index (κ2) is 3.94. The first-order valence-corrected chi connectivity index (χ1v) is 7.81. The van der Waals surface area contributed by atoms with Crippen molar-refractivity contribution >= 4 is 5.78 Å². The molecule has 3 aliphatic rings. The average Bonchev–Trinajstić information content (AvgIpc) is 2.75. The fraction of sp³-hybridized carbons (Fsp3) is 0.611. The van der Waals surface area contributed by atoms with Gasteiger partial charge in [-0.25, -0.2) is 0 Å². The average molecular weight is 254 g/mol. The maximum Gasteiger partial charge on any atom is 0.139 e. The van der Waals surface area contributed by atoms with Crippen LogP contribution in [0.1, 0.15) is 56.1 Å². The summed E-state index contributed by atoms with van der Waals surface area (Å²) in [6.45, 7) is 2.25. The first-order valence-electron chi connectivity index (χ1n) is 7.81. The summed E-state index contributed by atoms with van der Waals surface area (Å²) in [6, 6.07) is 9.00. The largest absolute Gasteiger partial charge is 0.299 e. The van der Waals surface area contributed by atoms with E-state index in [0.717, 1.165) is 31.1 Å². The molecule has 0 aromatic heterocycles. The number of Topliss-reactive ketones (excluding diaryl/α,β-unsaturated/α-hetero) is 1. The van der Waals surface area contributed by atoms with Gasteiger partial charge in [0, 0.05) is 11.8 Å². The highest BCUT2D eigenvalue weighted by molar-refractivity contribution is 5.87. The van der Waals surface area contributed by atoms with E-state index in [1.165, 1.54) is 19.3 Å². The van der Waals surface area contributed by atoms with E-state index in [-0.39, 0.29) is 5.41 Å². The Bertz CT molecular complexity index is 532. The predicted molar refractivity (Wildman–Crippen MR) is 76.1 cm³/mol. The molecule has 3 aliphatic carbocycles. The molecule has 1 heteroatoms. The van der Waals surface area contributed by atoms with Crippen LogP contribution in [-0.2, 0) is 11.2 Å². The molecule has 0 radical (unpaired) electrons. The quantitative estimate of drug-likeness (QED) is 0.681. The number of carbonyl (C=O) groups excluding carboxylic acids is 1. The molecule has 1 aromatic carbocycles. The van der Waals surface area contributed by atoms with Crippen molar-refractivity contribution in [1.29, 1.82) is 0 Å². The molecule has 1 unspecified atom stereocenters. The Labute approximate surface area is 115 Å². The summed E-state index contributed by atoms with van der Waals surface area (Å²) in [7, 11) is 0. The maximum absolute atomic E-state index is 12.3. The van der Waals surface area contributed by atoms with Gasteiger partial charge in [0.15, 0.2) is 0 Å². The van der Waals surface area contributed by atoms with Crippen LogP contribution in [0.15, 0.2) is 24.3 Å². The lowest BCUT2D eigenvalue weighted by Crippen LogP contribution is -2.42. The van der Waals surface area contributed by atoms with E-state index < -0.39 is 0 Å². The zero-order chi connectivity index (χ0) is 13.0. The molecule has 0 amide bonds. The van der Waals surface area contributed by atoms with Crippen LogP contribution in [0, 0.1) is 17.3 Å². The Kier molecular flexibility index (Phi) is 2.43. The summed E-state index contributed by atoms with van der Waals surface area (Å²) in [6.07, 6.45) is 6.85. The minimum absolute atomic E-state index is 0.0213. The number of hydrogen-bond acceptors (Lipinski definition) is 1. The number of ketones is 1. The van der Waals surface area contributed by atoms with Crippen LogP contribution in [0.25, 0.3) is 0 Å². The Morgan fingerprint density at radius 1 is 1.11 bits per heavy atom. The molecular formula is C18H22O. The molecule has 0 spiro atoms. The lowest BCUT2D eigenvalue weighted by Gasteiger charge is -2.48. The number of hydrogen-bond donors (Lipinski definition) is 0. The molecule has 0 bridgehead atoms. The van der Waals surface area contributed by atoms with Crippen LogP contribution in [0.4, 0.5) is 0 Å². The van der Waals surface area contributed by atoms with Crippen molar-refractivity contribution in [2.45, 2.75) is 51.4 Å². The lowest BCUT2D eigenvalue weighted by molar-refractivity contribution is -0.129. The minimum atomic E-state index is 0.0213. The third-order valence-electron chi connectivity index (χ3n) is 6.35. The van der Waals surface area contributed by atoms with Gasteiger partial charge >= 0.3 is 0 Å². The molecule has 100 valence electrons. The number of benzene rings is 1. The number of aryl methyl sites for hydroxylation is 1. The molecular weight excluding hydrogens is 232 g/mol. The molecule has 4 atom stereocenters. The fourth-order valence-corrected chi connectivity index (χ4v) is 5.29. The SMILES string of the molecule is C[C@]12CC[C@@H]3c4ccccc4CC[C@H]3C1CCC2=O. The van der Waals surface area contributed by atoms with E-state index in [1.54, 1.807) is 11.1 Å². The number of fused-ring (bicyclic) bond motifs is 5. The van der Waals surface area contributed by atoms with E-state index in [0.29, 0.717) is 11.7 Å². The molecule has 0 N–H and O–H groups in total. The van der Waals surface area contributed by atoms with E-state index in [2.05, 4.69) is 31.2 Å². The molecule has 2 saturated carbocycles. The summed E-state index contributed by atoms with van der Waals surface area (Å²) in [5.74, 6) is 2.70. The Morgan fingerprint density at radius 2 is 1.95 bits per heavy atom. The molecule has 0 heterocycles. The van der Waals surface area contributed by atoms with Gasteiger partial charge in [-0.05, 0) is 61.0 Å². The van der Waals surface area contributed by atoms with Crippen molar-refractivity contribution in [3.63, 3.8) is 0 Å². The van der Waals surface area contributed by atoms with Gasteiger partial charge in [0.25, 0.3) is 0 Å². The van der Waals surface area contributed by atoms with Crippen molar-refractivity contribution in [1.82, 2.24) is 0 Å². The van der Waals surface area contributed by atoms with Gasteiger partial charge in [0.2, 0.25) is 0 Å². The highest BCUT2D eigenvalue weighted by Gasteiger charge is 2.54. The summed E-state index contributed by atoms with van der Waals surface area (Å²) < 4.78 is 0. The first kappa shape index (κ1) is 11.7. The molecule has 19 heavy (non-hydrogen) atoms. The van der Waals surface area contributed by atoms with Crippen LogP contribution in [-0.4, -0.2) is 5.78 Å². The van der Waals surface area contributed by atoms with Crippen LogP contribution >= 0.6 is 0 Å². The van der Waals surface area contributed by atoms with Gasteiger partial charge < -0.3 is 0 Å². The first-order chi connectivity index (χ1) is 9.20. The van der Waals surface area contributed by atoms with Crippen molar-refractivity contribution < 1.29 is 4.79 Å². The topological polar surface area (TPSA) is 17.1 Å².